The number of methoxy groups -OCH3 is 1. The zero-order chi connectivity index (χ0) is 20.8. The molecule has 0 unspecified atom stereocenters. The smallest absolute Gasteiger partial charge is 0.229 e. The van der Waals surface area contributed by atoms with Crippen molar-refractivity contribution < 1.29 is 42.4 Å². The van der Waals surface area contributed by atoms with Gasteiger partial charge in [-0.15, -0.1) is 12.1 Å². The van der Waals surface area contributed by atoms with E-state index in [1.807, 2.05) is 0 Å². The first-order valence-corrected chi connectivity index (χ1v) is 8.12. The van der Waals surface area contributed by atoms with E-state index in [1.54, 1.807) is 24.3 Å². The van der Waals surface area contributed by atoms with Crippen LogP contribution >= 0.6 is 0 Å². The molecule has 157 valence electrons. The Labute approximate surface area is 182 Å². The minimum atomic E-state index is -1.19. The van der Waals surface area contributed by atoms with Crippen molar-refractivity contribution in [2.45, 2.75) is 0 Å². The van der Waals surface area contributed by atoms with E-state index in [0.29, 0.717) is 11.4 Å². The van der Waals surface area contributed by atoms with Gasteiger partial charge in [-0.05, 0) is 30.0 Å². The molecule has 0 atom stereocenters. The Balaban J connectivity index is 0.000000211. The second-order valence-corrected chi connectivity index (χ2v) is 5.49. The van der Waals surface area contributed by atoms with Crippen LogP contribution in [0.5, 0.6) is 5.75 Å². The van der Waals surface area contributed by atoms with Gasteiger partial charge in [0.2, 0.25) is 5.95 Å². The zero-order valence-corrected chi connectivity index (χ0v) is 17.6. The van der Waals surface area contributed by atoms with E-state index in [2.05, 4.69) is 26.2 Å². The van der Waals surface area contributed by atoms with Crippen molar-refractivity contribution in [2.75, 3.05) is 7.11 Å². The fourth-order valence-corrected chi connectivity index (χ4v) is 2.26. The standard InChI is InChI=1S/C12H8F2NO.C8H4F2N3.Ir/c1-16-9-4-5-15-12(7-9)10-3-2-8(13)6-11(10)14;9-6-7(12-13-8(6)10)5-3-1-2-4-11-5;/h2,4-7H,1H3;1-4H;/q2*-1;. The summed E-state index contributed by atoms with van der Waals surface area (Å²) in [6.07, 6.45) is 2.96. The van der Waals surface area contributed by atoms with E-state index < -0.39 is 23.4 Å². The molecule has 10 heteroatoms. The van der Waals surface area contributed by atoms with Crippen LogP contribution in [0.4, 0.5) is 17.6 Å². The first-order valence-electron chi connectivity index (χ1n) is 8.12. The number of rotatable bonds is 3. The molecule has 0 spiro atoms. The number of ether oxygens (including phenoxy) is 1. The third kappa shape index (κ3) is 5.49. The normalized spacial score (nSPS) is 9.90. The Bertz CT molecular complexity index is 1110. The van der Waals surface area contributed by atoms with Crippen LogP contribution in [-0.2, 0) is 20.1 Å². The second kappa shape index (κ2) is 10.6. The van der Waals surface area contributed by atoms with Gasteiger partial charge in [-0.25, -0.2) is 4.39 Å². The van der Waals surface area contributed by atoms with Crippen LogP contribution in [0.15, 0.2) is 54.9 Å². The van der Waals surface area contributed by atoms with Gasteiger partial charge in [-0.2, -0.15) is 4.39 Å². The number of halogens is 4. The van der Waals surface area contributed by atoms with Gasteiger partial charge in [-0.3, -0.25) is 13.8 Å². The van der Waals surface area contributed by atoms with Gasteiger partial charge in [0, 0.05) is 44.1 Å². The fourth-order valence-electron chi connectivity index (χ4n) is 2.26. The van der Waals surface area contributed by atoms with Crippen molar-refractivity contribution in [3.63, 3.8) is 0 Å². The van der Waals surface area contributed by atoms with Crippen molar-refractivity contribution in [1.29, 1.82) is 0 Å². The second-order valence-electron chi connectivity index (χ2n) is 5.49. The largest absolute Gasteiger partial charge is 0.569 e. The van der Waals surface area contributed by atoms with Crippen molar-refractivity contribution in [1.82, 2.24) is 20.2 Å². The van der Waals surface area contributed by atoms with E-state index >= 15 is 0 Å². The maximum atomic E-state index is 13.4. The molecule has 4 aromatic rings. The van der Waals surface area contributed by atoms with Crippen LogP contribution in [-0.4, -0.2) is 22.2 Å². The average molecular weight is 593 g/mol. The van der Waals surface area contributed by atoms with E-state index in [4.69, 9.17) is 4.74 Å². The SMILES string of the molecule is COc1ccnc(-c2[c-]cc(F)cc2F)c1.Fc1n[n-]c(-c2ccccn2)c1F.[Ir]. The molecule has 0 fully saturated rings. The quantitative estimate of drug-likeness (QED) is 0.264. The van der Waals surface area contributed by atoms with Crippen LogP contribution in [0.2, 0.25) is 0 Å². The number of nitrogens with zero attached hydrogens (tertiary/aromatic N) is 4. The molecule has 3 aromatic heterocycles. The van der Waals surface area contributed by atoms with Gasteiger partial charge in [0.15, 0.2) is 5.82 Å². The Hall–Kier alpha value is -3.10. The first-order chi connectivity index (χ1) is 14.0. The van der Waals surface area contributed by atoms with Crippen molar-refractivity contribution in [3.05, 3.63) is 84.3 Å². The molecule has 0 aliphatic rings. The molecule has 1 aromatic carbocycles. The summed E-state index contributed by atoms with van der Waals surface area (Å²) in [4.78, 5) is 7.79. The van der Waals surface area contributed by atoms with E-state index in [9.17, 15) is 17.6 Å². The molecule has 30 heavy (non-hydrogen) atoms. The first kappa shape index (κ1) is 23.2. The van der Waals surface area contributed by atoms with Crippen molar-refractivity contribution in [3.8, 4) is 28.4 Å². The van der Waals surface area contributed by atoms with Crippen LogP contribution < -0.4 is 9.84 Å². The third-order valence-electron chi connectivity index (χ3n) is 3.62. The predicted octanol–water partition coefficient (Wildman–Crippen LogP) is 4.21. The summed E-state index contributed by atoms with van der Waals surface area (Å²) in [5, 5.41) is 6.28. The maximum Gasteiger partial charge on any atom is 0.229 e. The summed E-state index contributed by atoms with van der Waals surface area (Å²) in [6, 6.07) is 12.4. The van der Waals surface area contributed by atoms with Crippen molar-refractivity contribution >= 4 is 0 Å². The molecule has 0 aliphatic carbocycles. The van der Waals surface area contributed by atoms with Crippen LogP contribution in [0.3, 0.4) is 0 Å². The van der Waals surface area contributed by atoms with Crippen LogP contribution in [0.1, 0.15) is 0 Å². The fraction of sp³-hybridized carbons (Fsp3) is 0.0500. The number of hydrogen-bond acceptors (Lipinski definition) is 4. The van der Waals surface area contributed by atoms with Gasteiger partial charge in [-0.1, -0.05) is 23.4 Å². The van der Waals surface area contributed by atoms with Gasteiger partial charge in [0.25, 0.3) is 0 Å². The Kier molecular flexibility index (Phi) is 8.20. The number of benzene rings is 1. The average Bonchev–Trinajstić information content (AvgIpc) is 3.08. The molecule has 4 rings (SSSR count). The molecule has 0 bridgehead atoms. The molecule has 0 aliphatic heterocycles. The van der Waals surface area contributed by atoms with E-state index in [1.165, 1.54) is 25.6 Å². The summed E-state index contributed by atoms with van der Waals surface area (Å²) >= 11 is 0. The zero-order valence-electron chi connectivity index (χ0n) is 15.2. The van der Waals surface area contributed by atoms with Crippen molar-refractivity contribution in [2.24, 2.45) is 0 Å². The summed E-state index contributed by atoms with van der Waals surface area (Å²) in [6.45, 7) is 0. The molecule has 0 amide bonds. The monoisotopic (exact) mass is 593 g/mol. The summed E-state index contributed by atoms with van der Waals surface area (Å²) in [5.41, 5.74) is 0.603. The molecule has 3 heterocycles. The Morgan fingerprint density at radius 3 is 2.33 bits per heavy atom. The summed E-state index contributed by atoms with van der Waals surface area (Å²) in [5.74, 6) is -3.05. The molecule has 0 saturated carbocycles. The molecule has 1 radical (unpaired) electrons. The molecule has 5 nitrogen and oxygen atoms in total. The summed E-state index contributed by atoms with van der Waals surface area (Å²) < 4.78 is 56.5. The minimum absolute atomic E-state index is 0. The third-order valence-corrected chi connectivity index (χ3v) is 3.62. The van der Waals surface area contributed by atoms with Crippen LogP contribution in [0.25, 0.3) is 22.6 Å². The Morgan fingerprint density at radius 1 is 0.967 bits per heavy atom. The minimum Gasteiger partial charge on any atom is -0.569 e. The predicted molar refractivity (Wildman–Crippen MR) is 95.7 cm³/mol. The molecule has 0 saturated heterocycles. The maximum absolute atomic E-state index is 13.4. The van der Waals surface area contributed by atoms with Gasteiger partial charge in [0.05, 0.1) is 12.8 Å². The molecular formula is C20H12F4IrN4O-2. The Morgan fingerprint density at radius 2 is 1.73 bits per heavy atom. The van der Waals surface area contributed by atoms with Gasteiger partial charge in [0.1, 0.15) is 5.75 Å². The van der Waals surface area contributed by atoms with E-state index in [0.717, 1.165) is 12.1 Å². The van der Waals surface area contributed by atoms with Gasteiger partial charge >= 0.3 is 0 Å². The van der Waals surface area contributed by atoms with E-state index in [-0.39, 0.29) is 37.1 Å². The number of aromatic nitrogens is 4. The molecular weight excluding hydrogens is 580 g/mol. The van der Waals surface area contributed by atoms with Crippen LogP contribution in [0, 0.1) is 29.5 Å². The number of hydrogen-bond donors (Lipinski definition) is 0. The topological polar surface area (TPSA) is 62.0 Å². The molecule has 0 N–H and O–H groups in total. The number of pyridine rings is 2. The van der Waals surface area contributed by atoms with Gasteiger partial charge < -0.3 is 19.9 Å². The summed E-state index contributed by atoms with van der Waals surface area (Å²) in [7, 11) is 1.50.